The molecule has 0 atom stereocenters. The lowest BCUT2D eigenvalue weighted by atomic mass is 9.84. The highest BCUT2D eigenvalue weighted by molar-refractivity contribution is 5.66. The van der Waals surface area contributed by atoms with E-state index in [0.717, 1.165) is 11.3 Å². The Hall–Kier alpha value is -1.58. The summed E-state index contributed by atoms with van der Waals surface area (Å²) in [5, 5.41) is 8.98. The maximum absolute atomic E-state index is 10.9. The molecule has 0 spiro atoms. The van der Waals surface area contributed by atoms with Crippen molar-refractivity contribution in [2.45, 2.75) is 39.3 Å². The van der Waals surface area contributed by atoms with E-state index >= 15 is 0 Å². The fourth-order valence-corrected chi connectivity index (χ4v) is 2.11. The van der Waals surface area contributed by atoms with E-state index in [2.05, 4.69) is 25.8 Å². The van der Waals surface area contributed by atoms with Gasteiger partial charge in [0.1, 0.15) is 0 Å². The van der Waals surface area contributed by atoms with E-state index in [1.165, 1.54) is 10.5 Å². The number of nitrogens with zero attached hydrogens (tertiary/aromatic N) is 2. The second-order valence-electron chi connectivity index (χ2n) is 5.17. The van der Waals surface area contributed by atoms with Crippen molar-refractivity contribution in [3.05, 3.63) is 29.1 Å². The smallest absolute Gasteiger partial charge is 0.407 e. The first-order chi connectivity index (χ1) is 7.39. The maximum Gasteiger partial charge on any atom is 0.407 e. The standard InChI is InChI=1S/C12H16N2O2/c1-12(2,3)9-4-5-13-10-7-14(11(15)16)6-8(9)10/h4-5H,6-7H2,1-3H3,(H,15,16). The van der Waals surface area contributed by atoms with Gasteiger partial charge in [0.25, 0.3) is 0 Å². The van der Waals surface area contributed by atoms with Crippen LogP contribution in [-0.2, 0) is 18.5 Å². The minimum absolute atomic E-state index is 0.0293. The highest BCUT2D eigenvalue weighted by Crippen LogP contribution is 2.31. The number of carboxylic acid groups (broad SMARTS) is 1. The van der Waals surface area contributed by atoms with Gasteiger partial charge in [-0.25, -0.2) is 4.79 Å². The summed E-state index contributed by atoms with van der Waals surface area (Å²) >= 11 is 0. The Morgan fingerprint density at radius 3 is 2.69 bits per heavy atom. The van der Waals surface area contributed by atoms with Crippen LogP contribution in [-0.4, -0.2) is 21.1 Å². The lowest BCUT2D eigenvalue weighted by molar-refractivity contribution is 0.144. The number of hydrogen-bond acceptors (Lipinski definition) is 2. The van der Waals surface area contributed by atoms with Gasteiger partial charge in [-0.3, -0.25) is 9.88 Å². The van der Waals surface area contributed by atoms with E-state index in [9.17, 15) is 4.79 Å². The van der Waals surface area contributed by atoms with Crippen LogP contribution in [0, 0.1) is 0 Å². The molecule has 0 unspecified atom stereocenters. The summed E-state index contributed by atoms with van der Waals surface area (Å²) in [7, 11) is 0. The number of rotatable bonds is 0. The number of pyridine rings is 1. The van der Waals surface area contributed by atoms with Crippen molar-refractivity contribution >= 4 is 6.09 Å². The Morgan fingerprint density at radius 1 is 1.44 bits per heavy atom. The molecule has 0 saturated carbocycles. The first-order valence-corrected chi connectivity index (χ1v) is 5.34. The Balaban J connectivity index is 2.42. The SMILES string of the molecule is CC(C)(C)c1ccnc2c1CN(C(=O)O)C2. The largest absolute Gasteiger partial charge is 0.465 e. The molecule has 1 aliphatic heterocycles. The van der Waals surface area contributed by atoms with E-state index in [0.29, 0.717) is 13.1 Å². The molecule has 1 aliphatic rings. The fourth-order valence-electron chi connectivity index (χ4n) is 2.11. The number of amides is 1. The van der Waals surface area contributed by atoms with Crippen molar-refractivity contribution in [1.29, 1.82) is 0 Å². The normalized spacial score (nSPS) is 15.1. The van der Waals surface area contributed by atoms with Crippen LogP contribution in [0.2, 0.25) is 0 Å². The molecule has 16 heavy (non-hydrogen) atoms. The third kappa shape index (κ3) is 1.75. The second-order valence-corrected chi connectivity index (χ2v) is 5.17. The number of carbonyl (C=O) groups is 1. The molecule has 4 heteroatoms. The topological polar surface area (TPSA) is 53.4 Å². The molecule has 1 aromatic rings. The molecule has 2 heterocycles. The summed E-state index contributed by atoms with van der Waals surface area (Å²) in [6, 6.07) is 1.99. The second kappa shape index (κ2) is 3.47. The van der Waals surface area contributed by atoms with Crippen LogP contribution in [0.5, 0.6) is 0 Å². The summed E-state index contributed by atoms with van der Waals surface area (Å²) < 4.78 is 0. The molecule has 0 bridgehead atoms. The number of fused-ring (bicyclic) bond motifs is 1. The van der Waals surface area contributed by atoms with Crippen molar-refractivity contribution in [2.24, 2.45) is 0 Å². The zero-order chi connectivity index (χ0) is 11.9. The summed E-state index contributed by atoms with van der Waals surface area (Å²) in [4.78, 5) is 16.6. The van der Waals surface area contributed by atoms with Gasteiger partial charge in [-0.2, -0.15) is 0 Å². The lowest BCUT2D eigenvalue weighted by Crippen LogP contribution is -2.23. The van der Waals surface area contributed by atoms with E-state index in [4.69, 9.17) is 5.11 Å². The summed E-state index contributed by atoms with van der Waals surface area (Å²) in [5.74, 6) is 0. The average Bonchev–Trinajstić information content (AvgIpc) is 2.58. The third-order valence-electron chi connectivity index (χ3n) is 2.91. The molecule has 1 aromatic heterocycles. The van der Waals surface area contributed by atoms with Gasteiger partial charge in [-0.15, -0.1) is 0 Å². The van der Waals surface area contributed by atoms with Gasteiger partial charge in [0.2, 0.25) is 0 Å². The van der Waals surface area contributed by atoms with Gasteiger partial charge < -0.3 is 5.11 Å². The molecular formula is C12H16N2O2. The molecule has 0 aromatic carbocycles. The van der Waals surface area contributed by atoms with Gasteiger partial charge >= 0.3 is 6.09 Å². The van der Waals surface area contributed by atoms with E-state index < -0.39 is 6.09 Å². The molecule has 1 amide bonds. The monoisotopic (exact) mass is 220 g/mol. The average molecular weight is 220 g/mol. The molecule has 4 nitrogen and oxygen atoms in total. The predicted octanol–water partition coefficient (Wildman–Crippen LogP) is 2.37. The minimum Gasteiger partial charge on any atom is -0.465 e. The summed E-state index contributed by atoms with van der Waals surface area (Å²) in [6.07, 6.45) is 0.892. The number of aromatic nitrogens is 1. The fraction of sp³-hybridized carbons (Fsp3) is 0.500. The van der Waals surface area contributed by atoms with Crippen molar-refractivity contribution in [2.75, 3.05) is 0 Å². The Morgan fingerprint density at radius 2 is 2.12 bits per heavy atom. The van der Waals surface area contributed by atoms with E-state index in [1.807, 2.05) is 6.07 Å². The van der Waals surface area contributed by atoms with Crippen molar-refractivity contribution in [1.82, 2.24) is 9.88 Å². The molecule has 0 saturated heterocycles. The van der Waals surface area contributed by atoms with E-state index in [1.54, 1.807) is 6.20 Å². The minimum atomic E-state index is -0.877. The van der Waals surface area contributed by atoms with Gasteiger partial charge in [0.15, 0.2) is 0 Å². The van der Waals surface area contributed by atoms with Crippen molar-refractivity contribution in [3.8, 4) is 0 Å². The van der Waals surface area contributed by atoms with Crippen LogP contribution < -0.4 is 0 Å². The molecule has 86 valence electrons. The van der Waals surface area contributed by atoms with Gasteiger partial charge in [0.05, 0.1) is 18.8 Å². The maximum atomic E-state index is 10.9. The van der Waals surface area contributed by atoms with Crippen LogP contribution in [0.15, 0.2) is 12.3 Å². The van der Waals surface area contributed by atoms with Gasteiger partial charge in [-0.1, -0.05) is 20.8 Å². The Kier molecular flexibility index (Phi) is 2.37. The quantitative estimate of drug-likeness (QED) is 0.730. The highest BCUT2D eigenvalue weighted by Gasteiger charge is 2.29. The Labute approximate surface area is 94.9 Å². The zero-order valence-electron chi connectivity index (χ0n) is 9.82. The summed E-state index contributed by atoms with van der Waals surface area (Å²) in [5.41, 5.74) is 3.20. The van der Waals surface area contributed by atoms with Crippen molar-refractivity contribution in [3.63, 3.8) is 0 Å². The molecule has 1 N–H and O–H groups in total. The molecule has 2 rings (SSSR count). The first-order valence-electron chi connectivity index (χ1n) is 5.34. The molecule has 0 aliphatic carbocycles. The summed E-state index contributed by atoms with van der Waals surface area (Å²) in [6.45, 7) is 7.27. The van der Waals surface area contributed by atoms with Crippen molar-refractivity contribution < 1.29 is 9.90 Å². The molecule has 0 radical (unpaired) electrons. The zero-order valence-corrected chi connectivity index (χ0v) is 9.82. The van der Waals surface area contributed by atoms with Gasteiger partial charge in [0, 0.05) is 6.20 Å². The Bertz CT molecular complexity index is 435. The van der Waals surface area contributed by atoms with Crippen LogP contribution in [0.4, 0.5) is 4.79 Å². The van der Waals surface area contributed by atoms with Crippen LogP contribution in [0.3, 0.4) is 0 Å². The lowest BCUT2D eigenvalue weighted by Gasteiger charge is -2.22. The molecule has 0 fully saturated rings. The first kappa shape index (κ1) is 10.9. The van der Waals surface area contributed by atoms with E-state index in [-0.39, 0.29) is 5.41 Å². The van der Waals surface area contributed by atoms with Crippen LogP contribution in [0.25, 0.3) is 0 Å². The third-order valence-corrected chi connectivity index (χ3v) is 2.91. The van der Waals surface area contributed by atoms with Crippen LogP contribution >= 0.6 is 0 Å². The molecular weight excluding hydrogens is 204 g/mol. The van der Waals surface area contributed by atoms with Gasteiger partial charge in [-0.05, 0) is 22.6 Å². The number of hydrogen-bond donors (Lipinski definition) is 1. The highest BCUT2D eigenvalue weighted by atomic mass is 16.4. The predicted molar refractivity (Wildman–Crippen MR) is 60.2 cm³/mol. The van der Waals surface area contributed by atoms with Crippen LogP contribution in [0.1, 0.15) is 37.6 Å².